The van der Waals surface area contributed by atoms with Crippen molar-refractivity contribution >= 4 is 5.91 Å². The standard InChI is InChI=1S/C13H23N3O/c1-3-16(9-11(2)8-14)10-13(17)15-12-6-4-5-7-12/h11-12H,3-7,9-10H2,1-2H3,(H,15,17). The Morgan fingerprint density at radius 3 is 2.71 bits per heavy atom. The molecule has 1 rings (SSSR count). The summed E-state index contributed by atoms with van der Waals surface area (Å²) in [6.07, 6.45) is 4.70. The number of hydrogen-bond acceptors (Lipinski definition) is 3. The van der Waals surface area contributed by atoms with Gasteiger partial charge in [0.25, 0.3) is 0 Å². The molecule has 4 heteroatoms. The van der Waals surface area contributed by atoms with Gasteiger partial charge in [0, 0.05) is 12.6 Å². The van der Waals surface area contributed by atoms with Crippen molar-refractivity contribution in [1.29, 1.82) is 5.26 Å². The minimum absolute atomic E-state index is 0.0192. The summed E-state index contributed by atoms with van der Waals surface area (Å²) in [5.74, 6) is 0.0816. The fourth-order valence-electron chi connectivity index (χ4n) is 2.28. The predicted molar refractivity (Wildman–Crippen MR) is 67.3 cm³/mol. The van der Waals surface area contributed by atoms with E-state index in [1.54, 1.807) is 0 Å². The van der Waals surface area contributed by atoms with Crippen molar-refractivity contribution in [3.63, 3.8) is 0 Å². The third-order valence-corrected chi connectivity index (χ3v) is 3.29. The Labute approximate surface area is 104 Å². The van der Waals surface area contributed by atoms with Crippen molar-refractivity contribution in [2.75, 3.05) is 19.6 Å². The summed E-state index contributed by atoms with van der Waals surface area (Å²) >= 11 is 0. The number of amides is 1. The Morgan fingerprint density at radius 1 is 1.53 bits per heavy atom. The maximum absolute atomic E-state index is 11.8. The van der Waals surface area contributed by atoms with Crippen LogP contribution in [0.3, 0.4) is 0 Å². The number of nitrogens with one attached hydrogen (secondary N) is 1. The molecule has 1 saturated carbocycles. The average Bonchev–Trinajstić information content (AvgIpc) is 2.80. The van der Waals surface area contributed by atoms with Crippen LogP contribution in [0.1, 0.15) is 39.5 Å². The highest BCUT2D eigenvalue weighted by Gasteiger charge is 2.18. The van der Waals surface area contributed by atoms with Crippen LogP contribution < -0.4 is 5.32 Å². The normalized spacial score (nSPS) is 18.0. The van der Waals surface area contributed by atoms with Crippen LogP contribution in [0.4, 0.5) is 0 Å². The zero-order valence-corrected chi connectivity index (χ0v) is 10.9. The van der Waals surface area contributed by atoms with Crippen LogP contribution in [0.2, 0.25) is 0 Å². The number of carbonyl (C=O) groups is 1. The van der Waals surface area contributed by atoms with Crippen molar-refractivity contribution in [3.8, 4) is 6.07 Å². The van der Waals surface area contributed by atoms with E-state index < -0.39 is 0 Å². The first-order chi connectivity index (χ1) is 8.15. The Kier molecular flexibility index (Phi) is 5.99. The fourth-order valence-corrected chi connectivity index (χ4v) is 2.28. The lowest BCUT2D eigenvalue weighted by Crippen LogP contribution is -2.42. The van der Waals surface area contributed by atoms with Gasteiger partial charge in [0.2, 0.25) is 5.91 Å². The molecule has 1 fully saturated rings. The van der Waals surface area contributed by atoms with Crippen LogP contribution in [0.15, 0.2) is 0 Å². The molecule has 0 aromatic carbocycles. The minimum atomic E-state index is -0.0192. The number of hydrogen-bond donors (Lipinski definition) is 1. The van der Waals surface area contributed by atoms with Gasteiger partial charge in [0.05, 0.1) is 18.5 Å². The maximum atomic E-state index is 11.8. The van der Waals surface area contributed by atoms with E-state index in [1.807, 2.05) is 18.7 Å². The van der Waals surface area contributed by atoms with Gasteiger partial charge in [-0.1, -0.05) is 19.8 Å². The van der Waals surface area contributed by atoms with Gasteiger partial charge in [-0.3, -0.25) is 9.69 Å². The van der Waals surface area contributed by atoms with Gasteiger partial charge in [-0.05, 0) is 26.3 Å². The highest BCUT2D eigenvalue weighted by molar-refractivity contribution is 5.78. The number of nitrogens with zero attached hydrogens (tertiary/aromatic N) is 2. The lowest BCUT2D eigenvalue weighted by Gasteiger charge is -2.22. The van der Waals surface area contributed by atoms with Crippen molar-refractivity contribution in [3.05, 3.63) is 0 Å². The molecule has 1 amide bonds. The highest BCUT2D eigenvalue weighted by Crippen LogP contribution is 2.17. The Balaban J connectivity index is 2.29. The fraction of sp³-hybridized carbons (Fsp3) is 0.846. The van der Waals surface area contributed by atoms with Gasteiger partial charge in [0.1, 0.15) is 0 Å². The van der Waals surface area contributed by atoms with E-state index in [9.17, 15) is 4.79 Å². The lowest BCUT2D eigenvalue weighted by atomic mass is 10.2. The van der Waals surface area contributed by atoms with Crippen LogP contribution >= 0.6 is 0 Å². The molecular weight excluding hydrogens is 214 g/mol. The van der Waals surface area contributed by atoms with Crippen LogP contribution in [0, 0.1) is 17.2 Å². The van der Waals surface area contributed by atoms with E-state index >= 15 is 0 Å². The molecule has 0 radical (unpaired) electrons. The topological polar surface area (TPSA) is 56.1 Å². The molecule has 0 aliphatic heterocycles. The zero-order valence-electron chi connectivity index (χ0n) is 10.9. The SMILES string of the molecule is CCN(CC(=O)NC1CCCC1)CC(C)C#N. The smallest absolute Gasteiger partial charge is 0.234 e. The maximum Gasteiger partial charge on any atom is 0.234 e. The summed E-state index contributed by atoms with van der Waals surface area (Å²) in [5, 5.41) is 11.8. The third kappa shape index (κ3) is 5.18. The highest BCUT2D eigenvalue weighted by atomic mass is 16.2. The monoisotopic (exact) mass is 237 g/mol. The minimum Gasteiger partial charge on any atom is -0.352 e. The van der Waals surface area contributed by atoms with E-state index in [0.717, 1.165) is 19.4 Å². The molecule has 0 saturated heterocycles. The van der Waals surface area contributed by atoms with Gasteiger partial charge >= 0.3 is 0 Å². The molecule has 0 aromatic heterocycles. The third-order valence-electron chi connectivity index (χ3n) is 3.29. The Morgan fingerprint density at radius 2 is 2.18 bits per heavy atom. The first-order valence-electron chi connectivity index (χ1n) is 6.57. The average molecular weight is 237 g/mol. The second-order valence-electron chi connectivity index (χ2n) is 4.91. The molecule has 0 heterocycles. The van der Waals surface area contributed by atoms with E-state index in [0.29, 0.717) is 19.1 Å². The molecule has 4 nitrogen and oxygen atoms in total. The second-order valence-corrected chi connectivity index (χ2v) is 4.91. The van der Waals surface area contributed by atoms with Gasteiger partial charge < -0.3 is 5.32 Å². The quantitative estimate of drug-likeness (QED) is 0.762. The van der Waals surface area contributed by atoms with E-state index in [2.05, 4.69) is 11.4 Å². The number of carbonyl (C=O) groups excluding carboxylic acids is 1. The van der Waals surface area contributed by atoms with Gasteiger partial charge in [-0.25, -0.2) is 0 Å². The zero-order chi connectivity index (χ0) is 12.7. The molecule has 1 N–H and O–H groups in total. The molecule has 0 bridgehead atoms. The predicted octanol–water partition coefficient (Wildman–Crippen LogP) is 1.53. The van der Waals surface area contributed by atoms with Crippen LogP contribution in [0.25, 0.3) is 0 Å². The first kappa shape index (κ1) is 14.0. The van der Waals surface area contributed by atoms with Crippen molar-refractivity contribution in [2.24, 2.45) is 5.92 Å². The van der Waals surface area contributed by atoms with Gasteiger partial charge in [-0.15, -0.1) is 0 Å². The first-order valence-corrected chi connectivity index (χ1v) is 6.57. The molecule has 0 spiro atoms. The lowest BCUT2D eigenvalue weighted by molar-refractivity contribution is -0.122. The summed E-state index contributed by atoms with van der Waals surface area (Å²) in [6, 6.07) is 2.59. The van der Waals surface area contributed by atoms with Crippen LogP contribution in [0.5, 0.6) is 0 Å². The molecule has 1 atom stereocenters. The molecule has 1 aliphatic carbocycles. The molecule has 1 aliphatic rings. The molecule has 1 unspecified atom stereocenters. The largest absolute Gasteiger partial charge is 0.352 e. The second kappa shape index (κ2) is 7.29. The molecular formula is C13H23N3O. The van der Waals surface area contributed by atoms with E-state index in [4.69, 9.17) is 5.26 Å². The van der Waals surface area contributed by atoms with Gasteiger partial charge in [0.15, 0.2) is 0 Å². The summed E-state index contributed by atoms with van der Waals surface area (Å²) in [7, 11) is 0. The van der Waals surface area contributed by atoms with Crippen molar-refractivity contribution in [2.45, 2.75) is 45.6 Å². The molecule has 0 aromatic rings. The summed E-state index contributed by atoms with van der Waals surface area (Å²) in [6.45, 7) is 5.80. The van der Waals surface area contributed by atoms with Crippen LogP contribution in [-0.4, -0.2) is 36.5 Å². The summed E-state index contributed by atoms with van der Waals surface area (Å²) in [5.41, 5.74) is 0. The van der Waals surface area contributed by atoms with E-state index in [1.165, 1.54) is 12.8 Å². The van der Waals surface area contributed by atoms with Crippen LogP contribution in [-0.2, 0) is 4.79 Å². The summed E-state index contributed by atoms with van der Waals surface area (Å²) < 4.78 is 0. The number of nitriles is 1. The molecule has 17 heavy (non-hydrogen) atoms. The Bertz CT molecular complexity index is 279. The van der Waals surface area contributed by atoms with E-state index in [-0.39, 0.29) is 11.8 Å². The van der Waals surface area contributed by atoms with Gasteiger partial charge in [-0.2, -0.15) is 5.26 Å². The summed E-state index contributed by atoms with van der Waals surface area (Å²) in [4.78, 5) is 13.8. The van der Waals surface area contributed by atoms with Crippen molar-refractivity contribution < 1.29 is 4.79 Å². The molecule has 96 valence electrons. The number of likely N-dealkylation sites (N-methyl/N-ethyl adjacent to an activating group) is 1. The Hall–Kier alpha value is -1.08. The van der Waals surface area contributed by atoms with Crippen molar-refractivity contribution in [1.82, 2.24) is 10.2 Å². The number of rotatable bonds is 6.